The molecule has 0 spiro atoms. The first-order chi connectivity index (χ1) is 12.1. The zero-order valence-electron chi connectivity index (χ0n) is 14.1. The molecule has 0 saturated carbocycles. The summed E-state index contributed by atoms with van der Waals surface area (Å²) in [6.07, 6.45) is 0.804. The number of rotatable bonds is 5. The van der Waals surface area contributed by atoms with Gasteiger partial charge in [-0.2, -0.15) is 0 Å². The molecule has 0 unspecified atom stereocenters. The van der Waals surface area contributed by atoms with Gasteiger partial charge in [-0.15, -0.1) is 0 Å². The number of phenolic OH excluding ortho intramolecular Hbond substituents is 2. The van der Waals surface area contributed by atoms with E-state index in [0.29, 0.717) is 24.2 Å². The second kappa shape index (κ2) is 7.26. The summed E-state index contributed by atoms with van der Waals surface area (Å²) in [5.41, 5.74) is 1.15. The van der Waals surface area contributed by atoms with Crippen LogP contribution in [0.3, 0.4) is 0 Å². The van der Waals surface area contributed by atoms with Crippen molar-refractivity contribution in [3.05, 3.63) is 71.8 Å². The van der Waals surface area contributed by atoms with Gasteiger partial charge in [0.1, 0.15) is 11.5 Å². The normalized spacial score (nSPS) is 10.8. The Kier molecular flexibility index (Phi) is 4.89. The van der Waals surface area contributed by atoms with E-state index < -0.39 is 0 Å². The zero-order valence-corrected chi connectivity index (χ0v) is 14.1. The minimum atomic E-state index is -0.161. The molecule has 2 N–H and O–H groups in total. The molecular weight excluding hydrogens is 314 g/mol. The molecule has 0 bridgehead atoms. The van der Waals surface area contributed by atoms with Gasteiger partial charge in [-0.1, -0.05) is 49.4 Å². The van der Waals surface area contributed by atoms with Gasteiger partial charge in [-0.3, -0.25) is 4.79 Å². The molecule has 3 rings (SSSR count). The van der Waals surface area contributed by atoms with E-state index in [-0.39, 0.29) is 17.4 Å². The zero-order chi connectivity index (χ0) is 17.8. The van der Waals surface area contributed by atoms with E-state index in [1.54, 1.807) is 23.1 Å². The van der Waals surface area contributed by atoms with E-state index in [1.807, 2.05) is 43.3 Å². The summed E-state index contributed by atoms with van der Waals surface area (Å²) in [6.45, 7) is 2.90. The number of carbonyl (C=O) groups excluding carboxylic acids is 1. The average Bonchev–Trinajstić information content (AvgIpc) is 2.62. The van der Waals surface area contributed by atoms with Crippen LogP contribution >= 0.6 is 0 Å². The fourth-order valence-corrected chi connectivity index (χ4v) is 2.97. The number of aromatic hydroxyl groups is 2. The number of benzene rings is 3. The predicted octanol–water partition coefficient (Wildman–Crippen LogP) is 4.30. The number of fused-ring (bicyclic) bond motifs is 1. The van der Waals surface area contributed by atoms with Gasteiger partial charge in [-0.05, 0) is 30.0 Å². The molecule has 4 nitrogen and oxygen atoms in total. The minimum absolute atomic E-state index is 0.0976. The highest BCUT2D eigenvalue weighted by Gasteiger charge is 2.18. The third-order valence-electron chi connectivity index (χ3n) is 4.22. The van der Waals surface area contributed by atoms with Crippen molar-refractivity contribution in [1.29, 1.82) is 0 Å². The summed E-state index contributed by atoms with van der Waals surface area (Å²) in [5, 5.41) is 21.8. The maximum Gasteiger partial charge on any atom is 0.254 e. The van der Waals surface area contributed by atoms with E-state index in [4.69, 9.17) is 0 Å². The maximum absolute atomic E-state index is 13.0. The molecule has 0 aliphatic heterocycles. The van der Waals surface area contributed by atoms with Crippen molar-refractivity contribution in [3.8, 4) is 11.5 Å². The van der Waals surface area contributed by atoms with Crippen molar-refractivity contribution in [1.82, 2.24) is 4.90 Å². The molecule has 4 heteroatoms. The van der Waals surface area contributed by atoms with Crippen molar-refractivity contribution in [2.24, 2.45) is 0 Å². The maximum atomic E-state index is 13.0. The monoisotopic (exact) mass is 335 g/mol. The Labute approximate surface area is 147 Å². The first-order valence-corrected chi connectivity index (χ1v) is 8.38. The number of phenols is 2. The Hall–Kier alpha value is -3.01. The second-order valence-electron chi connectivity index (χ2n) is 6.07. The average molecular weight is 335 g/mol. The smallest absolute Gasteiger partial charge is 0.254 e. The van der Waals surface area contributed by atoms with E-state index in [1.165, 1.54) is 6.07 Å². The van der Waals surface area contributed by atoms with Gasteiger partial charge < -0.3 is 15.1 Å². The van der Waals surface area contributed by atoms with E-state index in [9.17, 15) is 15.0 Å². The molecule has 128 valence electrons. The first kappa shape index (κ1) is 16.8. The van der Waals surface area contributed by atoms with Crippen molar-refractivity contribution in [3.63, 3.8) is 0 Å². The summed E-state index contributed by atoms with van der Waals surface area (Å²) >= 11 is 0. The topological polar surface area (TPSA) is 60.8 Å². The van der Waals surface area contributed by atoms with Crippen molar-refractivity contribution in [2.45, 2.75) is 19.9 Å². The van der Waals surface area contributed by atoms with Crippen molar-refractivity contribution < 1.29 is 15.0 Å². The number of amides is 1. The summed E-state index contributed by atoms with van der Waals surface area (Å²) in [4.78, 5) is 14.7. The number of nitrogens with zero attached hydrogens (tertiary/aromatic N) is 1. The molecule has 0 aromatic heterocycles. The molecule has 1 amide bonds. The van der Waals surface area contributed by atoms with Gasteiger partial charge in [0.2, 0.25) is 0 Å². The molecule has 0 aliphatic carbocycles. The predicted molar refractivity (Wildman–Crippen MR) is 98.8 cm³/mol. The highest BCUT2D eigenvalue weighted by molar-refractivity contribution is 6.00. The first-order valence-electron chi connectivity index (χ1n) is 8.38. The lowest BCUT2D eigenvalue weighted by atomic mass is 10.0. The van der Waals surface area contributed by atoms with Gasteiger partial charge in [0.15, 0.2) is 0 Å². The summed E-state index contributed by atoms with van der Waals surface area (Å²) < 4.78 is 0. The van der Waals surface area contributed by atoms with Crippen molar-refractivity contribution >= 4 is 16.7 Å². The van der Waals surface area contributed by atoms with E-state index in [2.05, 4.69) is 0 Å². The second-order valence-corrected chi connectivity index (χ2v) is 6.07. The largest absolute Gasteiger partial charge is 0.508 e. The van der Waals surface area contributed by atoms with Crippen LogP contribution in [-0.4, -0.2) is 27.6 Å². The summed E-state index contributed by atoms with van der Waals surface area (Å²) in [5.74, 6) is 0.115. The molecule has 0 heterocycles. The molecule has 25 heavy (non-hydrogen) atoms. The van der Waals surface area contributed by atoms with Crippen LogP contribution in [0.15, 0.2) is 60.7 Å². The molecule has 3 aromatic carbocycles. The molecule has 0 aliphatic rings. The van der Waals surface area contributed by atoms with Crippen LogP contribution < -0.4 is 0 Å². The van der Waals surface area contributed by atoms with Gasteiger partial charge >= 0.3 is 0 Å². The molecule has 0 atom stereocenters. The third-order valence-corrected chi connectivity index (χ3v) is 4.22. The number of hydrogen-bond acceptors (Lipinski definition) is 3. The van der Waals surface area contributed by atoms with Crippen LogP contribution in [0.5, 0.6) is 11.5 Å². The van der Waals surface area contributed by atoms with Gasteiger partial charge in [0, 0.05) is 29.6 Å². The van der Waals surface area contributed by atoms with Crippen molar-refractivity contribution in [2.75, 3.05) is 6.54 Å². The molecule has 0 radical (unpaired) electrons. The lowest BCUT2D eigenvalue weighted by Gasteiger charge is -2.23. The Balaban J connectivity index is 1.94. The van der Waals surface area contributed by atoms with Gasteiger partial charge in [-0.25, -0.2) is 0 Å². The lowest BCUT2D eigenvalue weighted by Crippen LogP contribution is -2.31. The van der Waals surface area contributed by atoms with Gasteiger partial charge in [0.05, 0.1) is 0 Å². The van der Waals surface area contributed by atoms with Crippen LogP contribution in [0, 0.1) is 0 Å². The SMILES string of the molecule is CCCN(Cc1ccccc1O)C(=O)c1cc(O)c2ccccc2c1. The van der Waals surface area contributed by atoms with Crippen LogP contribution in [0.4, 0.5) is 0 Å². The van der Waals surface area contributed by atoms with Crippen LogP contribution in [0.1, 0.15) is 29.3 Å². The highest BCUT2D eigenvalue weighted by Crippen LogP contribution is 2.27. The Morgan fingerprint density at radius 2 is 1.68 bits per heavy atom. The third kappa shape index (κ3) is 3.58. The molecule has 0 saturated heterocycles. The summed E-state index contributed by atoms with van der Waals surface area (Å²) in [6, 6.07) is 17.8. The summed E-state index contributed by atoms with van der Waals surface area (Å²) in [7, 11) is 0. The van der Waals surface area contributed by atoms with E-state index in [0.717, 1.165) is 17.2 Å². The van der Waals surface area contributed by atoms with Crippen LogP contribution in [-0.2, 0) is 6.54 Å². The fraction of sp³-hybridized carbons (Fsp3) is 0.190. The van der Waals surface area contributed by atoms with Crippen LogP contribution in [0.25, 0.3) is 10.8 Å². The fourth-order valence-electron chi connectivity index (χ4n) is 2.97. The highest BCUT2D eigenvalue weighted by atomic mass is 16.3. The Morgan fingerprint density at radius 3 is 2.44 bits per heavy atom. The lowest BCUT2D eigenvalue weighted by molar-refractivity contribution is 0.0742. The number of hydrogen-bond donors (Lipinski definition) is 2. The molecule has 3 aromatic rings. The standard InChI is InChI=1S/C21H21NO3/c1-2-11-22(14-16-8-4-6-10-19(16)23)21(25)17-12-15-7-3-5-9-18(15)20(24)13-17/h3-10,12-13,23-24H,2,11,14H2,1H3. The minimum Gasteiger partial charge on any atom is -0.508 e. The molecular formula is C21H21NO3. The quantitative estimate of drug-likeness (QED) is 0.730. The van der Waals surface area contributed by atoms with Crippen LogP contribution in [0.2, 0.25) is 0 Å². The number of carbonyl (C=O) groups is 1. The Bertz CT molecular complexity index is 905. The van der Waals surface area contributed by atoms with E-state index >= 15 is 0 Å². The Morgan fingerprint density at radius 1 is 0.960 bits per heavy atom. The number of para-hydroxylation sites is 1. The molecule has 0 fully saturated rings. The van der Waals surface area contributed by atoms with Gasteiger partial charge in [0.25, 0.3) is 5.91 Å².